The number of hydrogen-bond acceptors (Lipinski definition) is 5. The number of piperazine rings is 1. The monoisotopic (exact) mass is 446 g/mol. The molecule has 3 aromatic rings. The highest BCUT2D eigenvalue weighted by atomic mass is 32.1. The number of rotatable bonds is 7. The minimum Gasteiger partial charge on any atom is -0.301 e. The number of aryl methyl sites for hydroxylation is 2. The van der Waals surface area contributed by atoms with Crippen LogP contribution in [-0.2, 0) is 4.79 Å². The second kappa shape index (κ2) is 10.7. The molecule has 0 aliphatic carbocycles. The summed E-state index contributed by atoms with van der Waals surface area (Å²) in [7, 11) is 0. The summed E-state index contributed by atoms with van der Waals surface area (Å²) < 4.78 is 0. The highest BCUT2D eigenvalue weighted by molar-refractivity contribution is 7.14. The summed E-state index contributed by atoms with van der Waals surface area (Å²) in [5.74, 6) is 0.00316. The van der Waals surface area contributed by atoms with Crippen molar-refractivity contribution in [2.24, 2.45) is 0 Å². The molecule has 0 radical (unpaired) electrons. The first-order chi connectivity index (χ1) is 15.6. The van der Waals surface area contributed by atoms with Gasteiger partial charge >= 0.3 is 0 Å². The number of amides is 1. The molecule has 0 spiro atoms. The SMILES string of the molecule is Cc1ccc(-c2csc(NC(=O)CN3CCN(C/C=C/c4ccccc4)CC3)n2)cc1C. The molecule has 1 amide bonds. The van der Waals surface area contributed by atoms with Gasteiger partial charge < -0.3 is 5.32 Å². The van der Waals surface area contributed by atoms with Gasteiger partial charge in [-0.15, -0.1) is 11.3 Å². The fraction of sp³-hybridized carbons (Fsp3) is 0.308. The Morgan fingerprint density at radius 3 is 2.53 bits per heavy atom. The lowest BCUT2D eigenvalue weighted by Crippen LogP contribution is -2.48. The summed E-state index contributed by atoms with van der Waals surface area (Å²) in [5.41, 5.74) is 5.74. The maximum atomic E-state index is 12.5. The summed E-state index contributed by atoms with van der Waals surface area (Å²) in [6.45, 7) is 9.31. The van der Waals surface area contributed by atoms with Crippen molar-refractivity contribution in [3.8, 4) is 11.3 Å². The van der Waals surface area contributed by atoms with Crippen LogP contribution in [0.2, 0.25) is 0 Å². The van der Waals surface area contributed by atoms with Crippen molar-refractivity contribution in [3.05, 3.63) is 76.7 Å². The lowest BCUT2D eigenvalue weighted by atomic mass is 10.1. The van der Waals surface area contributed by atoms with Gasteiger partial charge in [0.1, 0.15) is 0 Å². The lowest BCUT2D eigenvalue weighted by Gasteiger charge is -2.33. The van der Waals surface area contributed by atoms with Crippen LogP contribution in [0.3, 0.4) is 0 Å². The van der Waals surface area contributed by atoms with Gasteiger partial charge in [0.05, 0.1) is 12.2 Å². The summed E-state index contributed by atoms with van der Waals surface area (Å²) in [5, 5.41) is 5.63. The van der Waals surface area contributed by atoms with Crippen molar-refractivity contribution in [1.29, 1.82) is 0 Å². The second-order valence-corrected chi connectivity index (χ2v) is 9.13. The van der Waals surface area contributed by atoms with Gasteiger partial charge in [-0.25, -0.2) is 4.98 Å². The van der Waals surface area contributed by atoms with E-state index in [2.05, 4.69) is 88.6 Å². The van der Waals surface area contributed by atoms with Gasteiger partial charge in [-0.05, 0) is 36.6 Å². The first-order valence-electron chi connectivity index (χ1n) is 11.1. The molecule has 2 heterocycles. The Labute approximate surface area is 194 Å². The topological polar surface area (TPSA) is 48.5 Å². The first-order valence-corrected chi connectivity index (χ1v) is 11.9. The number of carbonyl (C=O) groups excluding carboxylic acids is 1. The van der Waals surface area contributed by atoms with Crippen LogP contribution < -0.4 is 5.32 Å². The van der Waals surface area contributed by atoms with Crippen LogP contribution in [0, 0.1) is 13.8 Å². The van der Waals surface area contributed by atoms with E-state index < -0.39 is 0 Å². The molecular weight excluding hydrogens is 416 g/mol. The molecule has 1 aliphatic rings. The Hall–Kier alpha value is -2.80. The fourth-order valence-corrected chi connectivity index (χ4v) is 4.49. The van der Waals surface area contributed by atoms with Gasteiger partial charge in [-0.2, -0.15) is 0 Å². The normalized spacial score (nSPS) is 15.3. The number of benzene rings is 2. The number of thiazole rings is 1. The van der Waals surface area contributed by atoms with E-state index in [9.17, 15) is 4.79 Å². The first kappa shape index (κ1) is 22.4. The Kier molecular flexibility index (Phi) is 7.47. The zero-order valence-corrected chi connectivity index (χ0v) is 19.6. The predicted octanol–water partition coefficient (Wildman–Crippen LogP) is 4.70. The molecule has 0 unspecified atom stereocenters. The number of anilines is 1. The van der Waals surface area contributed by atoms with Crippen molar-refractivity contribution in [1.82, 2.24) is 14.8 Å². The largest absolute Gasteiger partial charge is 0.301 e. The van der Waals surface area contributed by atoms with Gasteiger partial charge in [-0.1, -0.05) is 54.6 Å². The third-order valence-corrected chi connectivity index (χ3v) is 6.62. The Morgan fingerprint density at radius 2 is 1.78 bits per heavy atom. The minimum atomic E-state index is 0.00316. The Bertz CT molecular complexity index is 1070. The molecule has 1 N–H and O–H groups in total. The third-order valence-electron chi connectivity index (χ3n) is 5.86. The van der Waals surface area contributed by atoms with Crippen LogP contribution in [0.4, 0.5) is 5.13 Å². The molecule has 1 aromatic heterocycles. The minimum absolute atomic E-state index is 0.00316. The van der Waals surface area contributed by atoms with Crippen LogP contribution in [0.15, 0.2) is 60.0 Å². The zero-order chi connectivity index (χ0) is 22.3. The van der Waals surface area contributed by atoms with E-state index in [0.29, 0.717) is 11.7 Å². The van der Waals surface area contributed by atoms with Gasteiger partial charge in [0, 0.05) is 43.7 Å². The summed E-state index contributed by atoms with van der Waals surface area (Å²) in [6.07, 6.45) is 4.38. The second-order valence-electron chi connectivity index (χ2n) is 8.27. The highest BCUT2D eigenvalue weighted by Gasteiger charge is 2.19. The molecule has 5 nitrogen and oxygen atoms in total. The van der Waals surface area contributed by atoms with Crippen LogP contribution in [0.25, 0.3) is 17.3 Å². The number of hydrogen-bond donors (Lipinski definition) is 1. The van der Waals surface area contributed by atoms with Crippen molar-refractivity contribution in [2.45, 2.75) is 13.8 Å². The van der Waals surface area contributed by atoms with Crippen LogP contribution in [-0.4, -0.2) is 60.0 Å². The average molecular weight is 447 g/mol. The predicted molar refractivity (Wildman–Crippen MR) is 134 cm³/mol. The van der Waals surface area contributed by atoms with E-state index in [-0.39, 0.29) is 5.91 Å². The quantitative estimate of drug-likeness (QED) is 0.572. The summed E-state index contributed by atoms with van der Waals surface area (Å²) >= 11 is 1.47. The zero-order valence-electron chi connectivity index (χ0n) is 18.8. The van der Waals surface area contributed by atoms with Crippen LogP contribution in [0.1, 0.15) is 16.7 Å². The van der Waals surface area contributed by atoms with Crippen molar-refractivity contribution < 1.29 is 4.79 Å². The fourth-order valence-electron chi connectivity index (χ4n) is 3.76. The van der Waals surface area contributed by atoms with Crippen molar-refractivity contribution in [3.63, 3.8) is 0 Å². The molecule has 0 bridgehead atoms. The molecule has 1 aliphatic heterocycles. The number of carbonyl (C=O) groups is 1. The van der Waals surface area contributed by atoms with E-state index in [0.717, 1.165) is 44.0 Å². The van der Waals surface area contributed by atoms with E-state index in [1.807, 2.05) is 11.4 Å². The molecule has 166 valence electrons. The summed E-state index contributed by atoms with van der Waals surface area (Å²) in [6, 6.07) is 16.7. The number of nitrogens with one attached hydrogen (secondary N) is 1. The van der Waals surface area contributed by atoms with E-state index in [1.54, 1.807) is 0 Å². The maximum absolute atomic E-state index is 12.5. The summed E-state index contributed by atoms with van der Waals surface area (Å²) in [4.78, 5) is 21.8. The molecule has 2 aromatic carbocycles. The van der Waals surface area contributed by atoms with Gasteiger partial charge in [0.25, 0.3) is 0 Å². The molecule has 0 atom stereocenters. The van der Waals surface area contributed by atoms with Crippen LogP contribution >= 0.6 is 11.3 Å². The Morgan fingerprint density at radius 1 is 1.03 bits per heavy atom. The molecule has 6 heteroatoms. The molecule has 1 fully saturated rings. The van der Waals surface area contributed by atoms with Gasteiger partial charge in [0.2, 0.25) is 5.91 Å². The Balaban J connectivity index is 1.21. The van der Waals surface area contributed by atoms with E-state index in [1.165, 1.54) is 28.0 Å². The van der Waals surface area contributed by atoms with Crippen molar-refractivity contribution in [2.75, 3.05) is 44.6 Å². The van der Waals surface area contributed by atoms with E-state index >= 15 is 0 Å². The molecule has 4 rings (SSSR count). The molecule has 0 saturated carbocycles. The standard InChI is InChI=1S/C26H30N4OS/c1-20-10-11-23(17-21(20)2)24-19-32-26(27-24)28-25(31)18-30-15-13-29(14-16-30)12-6-9-22-7-4-3-5-8-22/h3-11,17,19H,12-16,18H2,1-2H3,(H,27,28,31)/b9-6+. The van der Waals surface area contributed by atoms with Crippen molar-refractivity contribution >= 4 is 28.5 Å². The molecule has 32 heavy (non-hydrogen) atoms. The van der Waals surface area contributed by atoms with Gasteiger partial charge in [-0.3, -0.25) is 14.6 Å². The number of nitrogens with zero attached hydrogens (tertiary/aromatic N) is 3. The third kappa shape index (κ3) is 6.13. The lowest BCUT2D eigenvalue weighted by molar-refractivity contribution is -0.117. The molecule has 1 saturated heterocycles. The molecular formula is C26H30N4OS. The smallest absolute Gasteiger partial charge is 0.240 e. The average Bonchev–Trinajstić information content (AvgIpc) is 3.26. The van der Waals surface area contributed by atoms with Crippen LogP contribution in [0.5, 0.6) is 0 Å². The highest BCUT2D eigenvalue weighted by Crippen LogP contribution is 2.26. The van der Waals surface area contributed by atoms with E-state index in [4.69, 9.17) is 0 Å². The van der Waals surface area contributed by atoms with Gasteiger partial charge in [0.15, 0.2) is 5.13 Å². The number of aromatic nitrogens is 1. The maximum Gasteiger partial charge on any atom is 0.240 e.